The molecule has 0 amide bonds. The summed E-state index contributed by atoms with van der Waals surface area (Å²) in [6.45, 7) is 6.94. The number of piperidine rings is 1. The lowest BCUT2D eigenvalue weighted by Gasteiger charge is -2.23. The molecule has 2 aliphatic rings. The summed E-state index contributed by atoms with van der Waals surface area (Å²) in [5.74, 6) is 0.747. The zero-order valence-electron chi connectivity index (χ0n) is 12.7. The van der Waals surface area contributed by atoms with Gasteiger partial charge in [0.2, 0.25) is 0 Å². The van der Waals surface area contributed by atoms with E-state index in [1.807, 2.05) is 0 Å². The molecule has 3 atom stereocenters. The van der Waals surface area contributed by atoms with Crippen molar-refractivity contribution < 1.29 is 0 Å². The minimum atomic E-state index is 0.621. The molecule has 0 aromatic carbocycles. The van der Waals surface area contributed by atoms with Crippen molar-refractivity contribution in [3.8, 4) is 0 Å². The molecule has 3 unspecified atom stereocenters. The highest BCUT2D eigenvalue weighted by molar-refractivity contribution is 8.14. The summed E-state index contributed by atoms with van der Waals surface area (Å²) >= 11 is 2.08. The van der Waals surface area contributed by atoms with Crippen molar-refractivity contribution in [2.75, 3.05) is 13.1 Å². The Morgan fingerprint density at radius 3 is 2.84 bits per heavy atom. The van der Waals surface area contributed by atoms with E-state index in [4.69, 9.17) is 4.99 Å². The number of nitrogens with one attached hydrogen (secondary N) is 1. The summed E-state index contributed by atoms with van der Waals surface area (Å²) in [5.41, 5.74) is 0. The van der Waals surface area contributed by atoms with Gasteiger partial charge in [-0.1, -0.05) is 46.0 Å². The normalized spacial score (nSPS) is 28.0. The van der Waals surface area contributed by atoms with Crippen molar-refractivity contribution in [2.24, 2.45) is 10.9 Å². The fraction of sp³-hybridized carbons (Fsp3) is 0.938. The number of nitrogens with zero attached hydrogens (tertiary/aromatic N) is 1. The topological polar surface area (TPSA) is 24.4 Å². The van der Waals surface area contributed by atoms with E-state index in [1.54, 1.807) is 0 Å². The van der Waals surface area contributed by atoms with Crippen LogP contribution in [0.3, 0.4) is 0 Å². The Balaban J connectivity index is 1.74. The summed E-state index contributed by atoms with van der Waals surface area (Å²) < 4.78 is 0. The molecular weight excluding hydrogens is 252 g/mol. The highest BCUT2D eigenvalue weighted by Gasteiger charge is 2.34. The predicted octanol–water partition coefficient (Wildman–Crippen LogP) is 4.25. The summed E-state index contributed by atoms with van der Waals surface area (Å²) in [7, 11) is 0. The third-order valence-corrected chi connectivity index (χ3v) is 5.92. The Kier molecular flexibility index (Phi) is 6.72. The third-order valence-electron chi connectivity index (χ3n) is 4.45. The Morgan fingerprint density at radius 2 is 2.11 bits per heavy atom. The van der Waals surface area contributed by atoms with E-state index in [0.29, 0.717) is 6.04 Å². The largest absolute Gasteiger partial charge is 0.315 e. The van der Waals surface area contributed by atoms with Gasteiger partial charge in [0.05, 0.1) is 11.1 Å². The van der Waals surface area contributed by atoms with Gasteiger partial charge in [0.15, 0.2) is 0 Å². The first-order valence-corrected chi connectivity index (χ1v) is 9.18. The summed E-state index contributed by atoms with van der Waals surface area (Å²) in [5, 5.41) is 5.72. The summed E-state index contributed by atoms with van der Waals surface area (Å²) in [6, 6.07) is 0.621. The second-order valence-electron chi connectivity index (χ2n) is 5.99. The Hall–Kier alpha value is -0.0200. The standard InChI is InChI=1S/C16H30N2S/c1-3-5-6-7-8-9-13(4-2)16-18-14-10-11-17-12-15(14)19-16/h13-15,17H,3-12H2,1-2H3. The molecule has 0 aromatic rings. The van der Waals surface area contributed by atoms with Crippen LogP contribution in [-0.4, -0.2) is 29.4 Å². The van der Waals surface area contributed by atoms with Gasteiger partial charge in [-0.15, -0.1) is 11.8 Å². The maximum absolute atomic E-state index is 5.04. The van der Waals surface area contributed by atoms with Gasteiger partial charge in [0, 0.05) is 17.7 Å². The first-order chi connectivity index (χ1) is 9.35. The van der Waals surface area contributed by atoms with Gasteiger partial charge in [0.1, 0.15) is 0 Å². The number of thioether (sulfide) groups is 1. The van der Waals surface area contributed by atoms with Gasteiger partial charge < -0.3 is 5.32 Å². The molecule has 2 nitrogen and oxygen atoms in total. The molecule has 0 saturated carbocycles. The van der Waals surface area contributed by atoms with Crippen LogP contribution >= 0.6 is 11.8 Å². The van der Waals surface area contributed by atoms with Crippen molar-refractivity contribution in [2.45, 2.75) is 76.5 Å². The fourth-order valence-corrected chi connectivity index (χ4v) is 4.67. The number of rotatable bonds is 8. The van der Waals surface area contributed by atoms with E-state index in [2.05, 4.69) is 30.9 Å². The number of aliphatic imine (C=N–C) groups is 1. The molecule has 110 valence electrons. The average Bonchev–Trinajstić information content (AvgIpc) is 2.86. The third kappa shape index (κ3) is 4.49. The predicted molar refractivity (Wildman–Crippen MR) is 87.2 cm³/mol. The van der Waals surface area contributed by atoms with Gasteiger partial charge in [-0.05, 0) is 25.8 Å². The minimum absolute atomic E-state index is 0.621. The first kappa shape index (κ1) is 15.4. The SMILES string of the molecule is CCCCCCCC(CC)C1=NC2CCNCC2S1. The molecule has 2 rings (SSSR count). The molecule has 0 aromatic heterocycles. The Labute approximate surface area is 123 Å². The van der Waals surface area contributed by atoms with E-state index in [9.17, 15) is 0 Å². The van der Waals surface area contributed by atoms with Gasteiger partial charge >= 0.3 is 0 Å². The Morgan fingerprint density at radius 1 is 1.26 bits per heavy atom. The molecule has 0 aliphatic carbocycles. The monoisotopic (exact) mass is 282 g/mol. The lowest BCUT2D eigenvalue weighted by atomic mass is 9.98. The first-order valence-electron chi connectivity index (χ1n) is 8.30. The van der Waals surface area contributed by atoms with E-state index >= 15 is 0 Å². The van der Waals surface area contributed by atoms with Crippen LogP contribution < -0.4 is 5.32 Å². The van der Waals surface area contributed by atoms with E-state index < -0.39 is 0 Å². The molecule has 1 N–H and O–H groups in total. The number of hydrogen-bond acceptors (Lipinski definition) is 3. The summed E-state index contributed by atoms with van der Waals surface area (Å²) in [4.78, 5) is 5.04. The second-order valence-corrected chi connectivity index (χ2v) is 7.25. The van der Waals surface area contributed by atoms with Crippen LogP contribution in [0, 0.1) is 5.92 Å². The minimum Gasteiger partial charge on any atom is -0.315 e. The molecule has 2 aliphatic heterocycles. The van der Waals surface area contributed by atoms with E-state index in [1.165, 1.54) is 56.4 Å². The van der Waals surface area contributed by atoms with Crippen LogP contribution in [0.15, 0.2) is 4.99 Å². The van der Waals surface area contributed by atoms with Gasteiger partial charge in [-0.3, -0.25) is 4.99 Å². The van der Waals surface area contributed by atoms with Crippen LogP contribution in [0.5, 0.6) is 0 Å². The van der Waals surface area contributed by atoms with Gasteiger partial charge in [-0.2, -0.15) is 0 Å². The molecule has 19 heavy (non-hydrogen) atoms. The zero-order chi connectivity index (χ0) is 13.5. The zero-order valence-corrected chi connectivity index (χ0v) is 13.5. The van der Waals surface area contributed by atoms with E-state index in [0.717, 1.165) is 24.3 Å². The van der Waals surface area contributed by atoms with Crippen molar-refractivity contribution in [3.05, 3.63) is 0 Å². The molecule has 1 saturated heterocycles. The quantitative estimate of drug-likeness (QED) is 0.673. The highest BCUT2D eigenvalue weighted by atomic mass is 32.2. The van der Waals surface area contributed by atoms with Crippen molar-refractivity contribution in [1.29, 1.82) is 0 Å². The van der Waals surface area contributed by atoms with Crippen molar-refractivity contribution >= 4 is 16.8 Å². The molecule has 0 radical (unpaired) electrons. The molecule has 3 heteroatoms. The number of hydrogen-bond donors (Lipinski definition) is 1. The second kappa shape index (κ2) is 8.31. The van der Waals surface area contributed by atoms with Gasteiger partial charge in [-0.25, -0.2) is 0 Å². The van der Waals surface area contributed by atoms with Crippen LogP contribution in [0.25, 0.3) is 0 Å². The van der Waals surface area contributed by atoms with Crippen molar-refractivity contribution in [3.63, 3.8) is 0 Å². The Bertz CT molecular complexity index is 290. The number of unbranched alkanes of at least 4 members (excludes halogenated alkanes) is 4. The van der Waals surface area contributed by atoms with Crippen LogP contribution in [0.2, 0.25) is 0 Å². The lowest BCUT2D eigenvalue weighted by Crippen LogP contribution is -2.39. The average molecular weight is 282 g/mol. The maximum atomic E-state index is 5.04. The number of fused-ring (bicyclic) bond motifs is 1. The molecular formula is C16H30N2S. The maximum Gasteiger partial charge on any atom is 0.0714 e. The van der Waals surface area contributed by atoms with Crippen molar-refractivity contribution in [1.82, 2.24) is 5.32 Å². The van der Waals surface area contributed by atoms with Crippen LogP contribution in [0.4, 0.5) is 0 Å². The highest BCUT2D eigenvalue weighted by Crippen LogP contribution is 2.35. The van der Waals surface area contributed by atoms with E-state index in [-0.39, 0.29) is 0 Å². The molecule has 0 bridgehead atoms. The van der Waals surface area contributed by atoms with Gasteiger partial charge in [0.25, 0.3) is 0 Å². The van der Waals surface area contributed by atoms with Crippen LogP contribution in [0.1, 0.15) is 65.2 Å². The molecule has 2 heterocycles. The summed E-state index contributed by atoms with van der Waals surface area (Å²) in [6.07, 6.45) is 10.8. The van der Waals surface area contributed by atoms with Crippen LogP contribution in [-0.2, 0) is 0 Å². The fourth-order valence-electron chi connectivity index (χ4n) is 3.13. The molecule has 1 fully saturated rings. The molecule has 0 spiro atoms. The lowest BCUT2D eigenvalue weighted by molar-refractivity contribution is 0.475. The smallest absolute Gasteiger partial charge is 0.0714 e.